The van der Waals surface area contributed by atoms with Gasteiger partial charge in [0.15, 0.2) is 6.23 Å². The van der Waals surface area contributed by atoms with Gasteiger partial charge in [-0.15, -0.1) is 0 Å². The molecule has 0 radical (unpaired) electrons. The molecule has 0 N–H and O–H groups in total. The summed E-state index contributed by atoms with van der Waals surface area (Å²) in [6, 6.07) is 12.3. The van der Waals surface area contributed by atoms with Gasteiger partial charge in [-0.05, 0) is 67.1 Å². The summed E-state index contributed by atoms with van der Waals surface area (Å²) in [5.74, 6) is 1.01. The predicted octanol–water partition coefficient (Wildman–Crippen LogP) is 6.50. The molecular weight excluding hydrogens is 489 g/mol. The van der Waals surface area contributed by atoms with Crippen molar-refractivity contribution in [1.29, 1.82) is 0 Å². The van der Waals surface area contributed by atoms with Crippen LogP contribution in [0.2, 0.25) is 0 Å². The number of allylic oxidation sites excluding steroid dienone is 1. The normalized spacial score (nSPS) is 30.5. The Kier molecular flexibility index (Phi) is 5.95. The maximum absolute atomic E-state index is 13.9. The molecule has 0 bridgehead atoms. The first-order valence-electron chi connectivity index (χ1n) is 13.7. The number of amides is 1. The molecule has 4 nitrogen and oxygen atoms in total. The fraction of sp³-hybridized carbons (Fsp3) is 0.516. The van der Waals surface area contributed by atoms with Crippen LogP contribution in [0.1, 0.15) is 62.3 Å². The Morgan fingerprint density at radius 3 is 2.68 bits per heavy atom. The van der Waals surface area contributed by atoms with E-state index >= 15 is 0 Å². The number of alkyl halides is 3. The zero-order chi connectivity index (χ0) is 26.9. The standard InChI is InChI=1S/C31H35F3N2O2/c1-20(2)30(13-15-35-14-12-29(21(3)18-35)11-10-22-6-4-5-7-25(22)29)17-27-36(28(30)37)19-23-16-24(31(32,33)34)8-9-26(23)38-27/h4-11,16,20-21,27H,12-15,17-19H2,1-3H3/t21-,27?,29-,30?/m0/s1. The third-order valence-electron chi connectivity index (χ3n) is 9.82. The molecule has 38 heavy (non-hydrogen) atoms. The highest BCUT2D eigenvalue weighted by Gasteiger charge is 2.55. The number of ether oxygens (including phenoxy) is 1. The molecule has 2 fully saturated rings. The van der Waals surface area contributed by atoms with E-state index in [-0.39, 0.29) is 23.8 Å². The molecule has 6 rings (SSSR count). The summed E-state index contributed by atoms with van der Waals surface area (Å²) in [4.78, 5) is 18.0. The van der Waals surface area contributed by atoms with Gasteiger partial charge < -0.3 is 14.5 Å². The van der Waals surface area contributed by atoms with Crippen LogP contribution < -0.4 is 4.74 Å². The van der Waals surface area contributed by atoms with Crippen molar-refractivity contribution in [3.63, 3.8) is 0 Å². The Bertz CT molecular complexity index is 1290. The second kappa shape index (κ2) is 8.87. The number of halogens is 3. The van der Waals surface area contributed by atoms with Crippen molar-refractivity contribution in [3.05, 3.63) is 70.8 Å². The van der Waals surface area contributed by atoms with Crippen LogP contribution in [0.3, 0.4) is 0 Å². The number of nitrogens with zero attached hydrogens (tertiary/aromatic N) is 2. The molecule has 4 atom stereocenters. The van der Waals surface area contributed by atoms with Crippen LogP contribution in [-0.4, -0.2) is 41.6 Å². The van der Waals surface area contributed by atoms with Gasteiger partial charge in [0.25, 0.3) is 0 Å². The van der Waals surface area contributed by atoms with E-state index in [1.165, 1.54) is 17.2 Å². The average Bonchev–Trinajstić information content (AvgIpc) is 3.39. The van der Waals surface area contributed by atoms with Gasteiger partial charge in [-0.3, -0.25) is 4.79 Å². The van der Waals surface area contributed by atoms with E-state index in [2.05, 4.69) is 62.1 Å². The molecule has 0 saturated carbocycles. The second-order valence-electron chi connectivity index (χ2n) is 12.0. The van der Waals surface area contributed by atoms with Crippen molar-refractivity contribution in [3.8, 4) is 5.75 Å². The number of piperidine rings is 1. The Morgan fingerprint density at radius 2 is 1.95 bits per heavy atom. The first-order chi connectivity index (χ1) is 18.0. The van der Waals surface area contributed by atoms with Crippen LogP contribution in [0.25, 0.3) is 6.08 Å². The van der Waals surface area contributed by atoms with Crippen LogP contribution in [0.5, 0.6) is 5.75 Å². The first kappa shape index (κ1) is 25.5. The summed E-state index contributed by atoms with van der Waals surface area (Å²) in [5, 5.41) is 0. The maximum atomic E-state index is 13.9. The van der Waals surface area contributed by atoms with Crippen LogP contribution in [0.15, 0.2) is 48.5 Å². The summed E-state index contributed by atoms with van der Waals surface area (Å²) in [6.45, 7) is 9.42. The number of hydrogen-bond donors (Lipinski definition) is 0. The molecule has 3 heterocycles. The van der Waals surface area contributed by atoms with Gasteiger partial charge in [0.1, 0.15) is 5.75 Å². The largest absolute Gasteiger partial charge is 0.470 e. The van der Waals surface area contributed by atoms with Crippen LogP contribution in [0, 0.1) is 17.3 Å². The highest BCUT2D eigenvalue weighted by atomic mass is 19.4. The first-order valence-corrected chi connectivity index (χ1v) is 13.7. The third kappa shape index (κ3) is 3.88. The lowest BCUT2D eigenvalue weighted by Gasteiger charge is -2.45. The Labute approximate surface area is 222 Å². The fourth-order valence-electron chi connectivity index (χ4n) is 7.34. The van der Waals surface area contributed by atoms with Gasteiger partial charge in [0, 0.05) is 23.9 Å². The van der Waals surface area contributed by atoms with E-state index < -0.39 is 23.4 Å². The highest BCUT2D eigenvalue weighted by Crippen LogP contribution is 2.50. The van der Waals surface area contributed by atoms with Gasteiger partial charge in [-0.2, -0.15) is 13.2 Å². The summed E-state index contributed by atoms with van der Waals surface area (Å²) in [7, 11) is 0. The number of carbonyl (C=O) groups is 1. The molecule has 3 aliphatic heterocycles. The lowest BCUT2D eigenvalue weighted by atomic mass is 9.67. The van der Waals surface area contributed by atoms with E-state index in [0.717, 1.165) is 44.6 Å². The average molecular weight is 525 g/mol. The maximum Gasteiger partial charge on any atom is 0.416 e. The van der Waals surface area contributed by atoms with Gasteiger partial charge in [0.05, 0.1) is 17.5 Å². The summed E-state index contributed by atoms with van der Waals surface area (Å²) >= 11 is 0. The molecule has 2 unspecified atom stereocenters. The fourth-order valence-corrected chi connectivity index (χ4v) is 7.34. The van der Waals surface area contributed by atoms with Crippen molar-refractivity contribution >= 4 is 12.0 Å². The Morgan fingerprint density at radius 1 is 1.16 bits per heavy atom. The molecule has 7 heteroatoms. The third-order valence-corrected chi connectivity index (χ3v) is 9.82. The van der Waals surface area contributed by atoms with Gasteiger partial charge >= 0.3 is 6.18 Å². The van der Waals surface area contributed by atoms with Crippen LogP contribution in [-0.2, 0) is 22.9 Å². The minimum Gasteiger partial charge on any atom is -0.470 e. The zero-order valence-corrected chi connectivity index (χ0v) is 22.2. The SMILES string of the molecule is CC(C)C1(CCN2CC[C@@]3(C=Cc4ccccc43)[C@@H](C)C2)CC2Oc3ccc(C(F)(F)F)cc3CN2C1=O. The molecule has 2 saturated heterocycles. The van der Waals surface area contributed by atoms with E-state index in [4.69, 9.17) is 4.74 Å². The lowest BCUT2D eigenvalue weighted by molar-refractivity contribution is -0.142. The number of rotatable bonds is 4. The van der Waals surface area contributed by atoms with Crippen molar-refractivity contribution in [2.24, 2.45) is 17.3 Å². The Hall–Kier alpha value is -2.80. The van der Waals surface area contributed by atoms with Crippen molar-refractivity contribution < 1.29 is 22.7 Å². The minimum absolute atomic E-state index is 0.00902. The van der Waals surface area contributed by atoms with Crippen molar-refractivity contribution in [1.82, 2.24) is 9.80 Å². The number of fused-ring (bicyclic) bond motifs is 4. The van der Waals surface area contributed by atoms with E-state index in [9.17, 15) is 18.0 Å². The van der Waals surface area contributed by atoms with Crippen LogP contribution in [0.4, 0.5) is 13.2 Å². The molecule has 1 amide bonds. The molecular formula is C31H35F3N2O2. The number of benzene rings is 2. The topological polar surface area (TPSA) is 32.8 Å². The molecule has 2 aromatic carbocycles. The minimum atomic E-state index is -4.43. The van der Waals surface area contributed by atoms with Gasteiger partial charge in [0.2, 0.25) is 5.91 Å². The molecule has 4 aliphatic rings. The van der Waals surface area contributed by atoms with Crippen molar-refractivity contribution in [2.45, 2.75) is 64.4 Å². The van der Waals surface area contributed by atoms with E-state index in [0.29, 0.717) is 23.7 Å². The van der Waals surface area contributed by atoms with E-state index in [1.807, 2.05) is 0 Å². The predicted molar refractivity (Wildman–Crippen MR) is 140 cm³/mol. The molecule has 1 aliphatic carbocycles. The van der Waals surface area contributed by atoms with Crippen molar-refractivity contribution in [2.75, 3.05) is 19.6 Å². The summed E-state index contributed by atoms with van der Waals surface area (Å²) in [5.41, 5.74) is 1.96. The highest BCUT2D eigenvalue weighted by molar-refractivity contribution is 5.86. The quantitative estimate of drug-likeness (QED) is 0.458. The van der Waals surface area contributed by atoms with Crippen LogP contribution >= 0.6 is 0 Å². The zero-order valence-electron chi connectivity index (χ0n) is 22.2. The van der Waals surface area contributed by atoms with Gasteiger partial charge in [-0.25, -0.2) is 0 Å². The molecule has 0 aromatic heterocycles. The lowest BCUT2D eigenvalue weighted by Crippen LogP contribution is -2.49. The van der Waals surface area contributed by atoms with E-state index in [1.54, 1.807) is 4.90 Å². The smallest absolute Gasteiger partial charge is 0.416 e. The number of carbonyl (C=O) groups excluding carboxylic acids is 1. The number of likely N-dealkylation sites (tertiary alicyclic amines) is 1. The summed E-state index contributed by atoms with van der Waals surface area (Å²) < 4.78 is 46.0. The molecule has 2 aromatic rings. The number of hydrogen-bond acceptors (Lipinski definition) is 3. The Balaban J connectivity index is 1.16. The monoisotopic (exact) mass is 524 g/mol. The summed E-state index contributed by atoms with van der Waals surface area (Å²) in [6.07, 6.45) is 2.13. The second-order valence-corrected chi connectivity index (χ2v) is 12.0. The van der Waals surface area contributed by atoms with Gasteiger partial charge in [-0.1, -0.05) is 57.2 Å². The molecule has 1 spiro atoms. The molecule has 202 valence electrons.